The number of hydrogen-bond acceptors (Lipinski definition) is 3. The van der Waals surface area contributed by atoms with Crippen molar-refractivity contribution in [2.45, 2.75) is 19.8 Å². The largest absolute Gasteiger partial charge is 0.352 e. The Labute approximate surface area is 127 Å². The molecule has 0 unspecified atom stereocenters. The van der Waals surface area contributed by atoms with E-state index in [1.165, 1.54) is 12.3 Å². The van der Waals surface area contributed by atoms with Gasteiger partial charge in [-0.15, -0.1) is 0 Å². The van der Waals surface area contributed by atoms with Crippen LogP contribution in [0.2, 0.25) is 0 Å². The number of halogens is 2. The maximum atomic E-state index is 13.5. The van der Waals surface area contributed by atoms with Crippen LogP contribution in [0.4, 0.5) is 20.2 Å². The van der Waals surface area contributed by atoms with Crippen LogP contribution in [0.1, 0.15) is 30.3 Å². The number of aromatic nitrogens is 1. The van der Waals surface area contributed by atoms with Crippen LogP contribution in [0.15, 0.2) is 36.5 Å². The number of nitrogens with one attached hydrogen (secondary N) is 2. The Balaban J connectivity index is 2.01. The summed E-state index contributed by atoms with van der Waals surface area (Å²) in [5.41, 5.74) is 0.945. The van der Waals surface area contributed by atoms with E-state index in [1.54, 1.807) is 12.1 Å². The van der Waals surface area contributed by atoms with E-state index in [-0.39, 0.29) is 11.6 Å². The number of amides is 1. The normalized spacial score (nSPS) is 10.3. The van der Waals surface area contributed by atoms with Gasteiger partial charge in [-0.3, -0.25) is 4.79 Å². The number of unbranched alkanes of at least 4 members (excludes halogenated alkanes) is 1. The zero-order chi connectivity index (χ0) is 15.9. The summed E-state index contributed by atoms with van der Waals surface area (Å²) in [4.78, 5) is 15.8. The average molecular weight is 305 g/mol. The molecule has 0 spiro atoms. The molecular weight excluding hydrogens is 288 g/mol. The molecule has 4 nitrogen and oxygen atoms in total. The molecule has 0 aliphatic rings. The summed E-state index contributed by atoms with van der Waals surface area (Å²) in [7, 11) is 0. The highest BCUT2D eigenvalue weighted by Crippen LogP contribution is 2.20. The molecule has 2 N–H and O–H groups in total. The number of pyridine rings is 1. The first-order chi connectivity index (χ1) is 10.6. The number of carbonyl (C=O) groups is 1. The van der Waals surface area contributed by atoms with Crippen LogP contribution in [-0.2, 0) is 0 Å². The Bertz CT molecular complexity index is 644. The van der Waals surface area contributed by atoms with E-state index in [0.717, 1.165) is 25.0 Å². The van der Waals surface area contributed by atoms with Crippen molar-refractivity contribution in [3.63, 3.8) is 0 Å². The van der Waals surface area contributed by atoms with Crippen molar-refractivity contribution < 1.29 is 13.6 Å². The van der Waals surface area contributed by atoms with Gasteiger partial charge in [-0.25, -0.2) is 13.8 Å². The van der Waals surface area contributed by atoms with Crippen LogP contribution in [0, 0.1) is 11.6 Å². The lowest BCUT2D eigenvalue weighted by Crippen LogP contribution is -2.25. The van der Waals surface area contributed by atoms with Gasteiger partial charge in [0.15, 0.2) is 0 Å². The summed E-state index contributed by atoms with van der Waals surface area (Å²) in [6, 6.07) is 6.42. The lowest BCUT2D eigenvalue weighted by Gasteiger charge is -2.08. The Kier molecular flexibility index (Phi) is 5.41. The summed E-state index contributed by atoms with van der Waals surface area (Å²) in [5.74, 6) is -1.57. The minimum Gasteiger partial charge on any atom is -0.352 e. The zero-order valence-corrected chi connectivity index (χ0v) is 12.2. The highest BCUT2D eigenvalue weighted by molar-refractivity contribution is 5.92. The molecule has 1 aromatic carbocycles. The van der Waals surface area contributed by atoms with Gasteiger partial charge in [0.25, 0.3) is 5.91 Å². The van der Waals surface area contributed by atoms with Crippen LogP contribution >= 0.6 is 0 Å². The molecule has 1 amide bonds. The van der Waals surface area contributed by atoms with Gasteiger partial charge in [-0.2, -0.15) is 0 Å². The van der Waals surface area contributed by atoms with Gasteiger partial charge in [-0.05, 0) is 30.7 Å². The summed E-state index contributed by atoms with van der Waals surface area (Å²) in [6.07, 6.45) is 3.34. The fourth-order valence-corrected chi connectivity index (χ4v) is 1.82. The molecule has 0 fully saturated rings. The Morgan fingerprint density at radius 3 is 2.68 bits per heavy atom. The zero-order valence-electron chi connectivity index (χ0n) is 12.2. The maximum absolute atomic E-state index is 13.5. The van der Waals surface area contributed by atoms with Crippen molar-refractivity contribution in [1.29, 1.82) is 0 Å². The second-order valence-electron chi connectivity index (χ2n) is 4.79. The highest BCUT2D eigenvalue weighted by atomic mass is 19.1. The molecule has 116 valence electrons. The SMILES string of the molecule is CCCCNC(=O)c1ccc(Nc2ccc(F)cc2F)cn1. The van der Waals surface area contributed by atoms with E-state index < -0.39 is 11.6 Å². The quantitative estimate of drug-likeness (QED) is 0.801. The minimum atomic E-state index is -0.693. The maximum Gasteiger partial charge on any atom is 0.269 e. The summed E-state index contributed by atoms with van der Waals surface area (Å²) < 4.78 is 26.4. The van der Waals surface area contributed by atoms with Crippen LogP contribution in [0.3, 0.4) is 0 Å². The van der Waals surface area contributed by atoms with Gasteiger partial charge in [0.2, 0.25) is 0 Å². The Morgan fingerprint density at radius 1 is 1.23 bits per heavy atom. The number of benzene rings is 1. The number of nitrogens with zero attached hydrogens (tertiary/aromatic N) is 1. The molecule has 0 bridgehead atoms. The minimum absolute atomic E-state index is 0.142. The Morgan fingerprint density at radius 2 is 2.05 bits per heavy atom. The van der Waals surface area contributed by atoms with Gasteiger partial charge in [0, 0.05) is 12.6 Å². The monoisotopic (exact) mass is 305 g/mol. The van der Waals surface area contributed by atoms with Gasteiger partial charge in [0.05, 0.1) is 17.6 Å². The fourth-order valence-electron chi connectivity index (χ4n) is 1.82. The van der Waals surface area contributed by atoms with Gasteiger partial charge in [-0.1, -0.05) is 13.3 Å². The summed E-state index contributed by atoms with van der Waals surface area (Å²) in [6.45, 7) is 2.65. The fraction of sp³-hybridized carbons (Fsp3) is 0.250. The molecule has 0 radical (unpaired) electrons. The van der Waals surface area contributed by atoms with Crippen molar-refractivity contribution in [3.05, 3.63) is 53.9 Å². The third kappa shape index (κ3) is 4.25. The van der Waals surface area contributed by atoms with E-state index in [0.29, 0.717) is 17.9 Å². The van der Waals surface area contributed by atoms with Gasteiger partial charge in [0.1, 0.15) is 17.3 Å². The standard InChI is InChI=1S/C16H17F2N3O/c1-2-3-8-19-16(22)15-7-5-12(10-20-15)21-14-6-4-11(17)9-13(14)18/h4-7,9-10,21H,2-3,8H2,1H3,(H,19,22). The first kappa shape index (κ1) is 15.9. The van der Waals surface area contributed by atoms with E-state index >= 15 is 0 Å². The molecule has 0 aliphatic carbocycles. The number of anilines is 2. The van der Waals surface area contributed by atoms with Crippen molar-refractivity contribution in [2.75, 3.05) is 11.9 Å². The van der Waals surface area contributed by atoms with Crippen LogP contribution in [0.5, 0.6) is 0 Å². The van der Waals surface area contributed by atoms with Crippen LogP contribution in [-0.4, -0.2) is 17.4 Å². The predicted molar refractivity (Wildman–Crippen MR) is 81.1 cm³/mol. The molecule has 1 aromatic heterocycles. The molecule has 0 atom stereocenters. The first-order valence-corrected chi connectivity index (χ1v) is 7.06. The average Bonchev–Trinajstić information content (AvgIpc) is 2.51. The molecule has 0 saturated carbocycles. The molecule has 22 heavy (non-hydrogen) atoms. The summed E-state index contributed by atoms with van der Waals surface area (Å²) in [5, 5.41) is 5.54. The second-order valence-corrected chi connectivity index (χ2v) is 4.79. The van der Waals surface area contributed by atoms with Gasteiger partial charge >= 0.3 is 0 Å². The van der Waals surface area contributed by atoms with E-state index in [4.69, 9.17) is 0 Å². The van der Waals surface area contributed by atoms with E-state index in [9.17, 15) is 13.6 Å². The van der Waals surface area contributed by atoms with Crippen molar-refractivity contribution in [3.8, 4) is 0 Å². The predicted octanol–water partition coefficient (Wildman–Crippen LogP) is 3.63. The lowest BCUT2D eigenvalue weighted by atomic mass is 10.2. The smallest absolute Gasteiger partial charge is 0.269 e. The van der Waals surface area contributed by atoms with Crippen LogP contribution in [0.25, 0.3) is 0 Å². The van der Waals surface area contributed by atoms with Crippen molar-refractivity contribution in [1.82, 2.24) is 10.3 Å². The Hall–Kier alpha value is -2.50. The third-order valence-corrected chi connectivity index (χ3v) is 3.02. The first-order valence-electron chi connectivity index (χ1n) is 7.06. The number of carbonyl (C=O) groups excluding carboxylic acids is 1. The number of rotatable bonds is 6. The van der Waals surface area contributed by atoms with Gasteiger partial charge < -0.3 is 10.6 Å². The highest BCUT2D eigenvalue weighted by Gasteiger charge is 2.08. The molecule has 1 heterocycles. The van der Waals surface area contributed by atoms with Crippen molar-refractivity contribution in [2.24, 2.45) is 0 Å². The lowest BCUT2D eigenvalue weighted by molar-refractivity contribution is 0.0948. The molecule has 2 aromatic rings. The third-order valence-electron chi connectivity index (χ3n) is 3.02. The van der Waals surface area contributed by atoms with Crippen LogP contribution < -0.4 is 10.6 Å². The molecule has 0 aliphatic heterocycles. The molecule has 2 rings (SSSR count). The molecular formula is C16H17F2N3O. The molecule has 6 heteroatoms. The van der Waals surface area contributed by atoms with E-state index in [1.807, 2.05) is 6.92 Å². The van der Waals surface area contributed by atoms with Crippen molar-refractivity contribution >= 4 is 17.3 Å². The topological polar surface area (TPSA) is 54.0 Å². The summed E-state index contributed by atoms with van der Waals surface area (Å²) >= 11 is 0. The van der Waals surface area contributed by atoms with E-state index in [2.05, 4.69) is 15.6 Å². The second kappa shape index (κ2) is 7.49. The number of hydrogen-bond donors (Lipinski definition) is 2. The molecule has 0 saturated heterocycles.